The van der Waals surface area contributed by atoms with Crippen molar-refractivity contribution < 1.29 is 4.39 Å². The van der Waals surface area contributed by atoms with Crippen molar-refractivity contribution in [2.24, 2.45) is 12.0 Å². The fourth-order valence-corrected chi connectivity index (χ4v) is 1.93. The lowest BCUT2D eigenvalue weighted by molar-refractivity contribution is 0.628. The Bertz CT molecular complexity index is 806. The highest BCUT2D eigenvalue weighted by molar-refractivity contribution is 5.83. The highest BCUT2D eigenvalue weighted by atomic mass is 19.1. The molecule has 7 heteroatoms. The second kappa shape index (κ2) is 7.53. The Kier molecular flexibility index (Phi) is 5.46. The van der Waals surface area contributed by atoms with Crippen molar-refractivity contribution in [1.29, 1.82) is 0 Å². The molecule has 0 saturated heterocycles. The predicted molar refractivity (Wildman–Crippen MR) is 89.4 cm³/mol. The Morgan fingerprint density at radius 1 is 1.30 bits per heavy atom. The number of nitrogens with zero attached hydrogens (tertiary/aromatic N) is 2. The standard InChI is InChI=1S/C16H19FN4O2/c1-3-4-9-18-14-13(15(22)21(2)16(23)20-14)19-10-11-5-7-12(17)8-6-11/h5-8,10,18H,3-4,9H2,1-2H3,(H,20,23). The van der Waals surface area contributed by atoms with Crippen LogP contribution in [-0.4, -0.2) is 22.3 Å². The van der Waals surface area contributed by atoms with Crippen LogP contribution < -0.4 is 16.6 Å². The molecule has 0 aliphatic carbocycles. The van der Waals surface area contributed by atoms with Gasteiger partial charge in [0.2, 0.25) is 0 Å². The molecule has 0 radical (unpaired) electrons. The number of rotatable bonds is 6. The van der Waals surface area contributed by atoms with Gasteiger partial charge in [0.25, 0.3) is 5.56 Å². The number of H-pyrrole nitrogens is 1. The minimum Gasteiger partial charge on any atom is -0.370 e. The number of hydrogen-bond acceptors (Lipinski definition) is 4. The van der Waals surface area contributed by atoms with Crippen LogP contribution in [0.2, 0.25) is 0 Å². The summed E-state index contributed by atoms with van der Waals surface area (Å²) in [6.45, 7) is 2.67. The zero-order valence-corrected chi connectivity index (χ0v) is 13.1. The molecule has 0 atom stereocenters. The zero-order chi connectivity index (χ0) is 16.8. The van der Waals surface area contributed by atoms with Crippen LogP contribution in [-0.2, 0) is 7.05 Å². The number of aromatic amines is 1. The number of hydrogen-bond donors (Lipinski definition) is 2. The molecule has 1 heterocycles. The molecule has 2 N–H and O–H groups in total. The summed E-state index contributed by atoms with van der Waals surface area (Å²) in [4.78, 5) is 30.8. The lowest BCUT2D eigenvalue weighted by atomic mass is 10.2. The molecule has 0 unspecified atom stereocenters. The van der Waals surface area contributed by atoms with E-state index in [2.05, 4.69) is 15.3 Å². The lowest BCUT2D eigenvalue weighted by Crippen LogP contribution is -2.33. The minimum absolute atomic E-state index is 0.118. The topological polar surface area (TPSA) is 79.2 Å². The number of nitrogens with one attached hydrogen (secondary N) is 2. The number of aromatic nitrogens is 2. The molecular weight excluding hydrogens is 299 g/mol. The van der Waals surface area contributed by atoms with Gasteiger partial charge < -0.3 is 5.32 Å². The predicted octanol–water partition coefficient (Wildman–Crippen LogP) is 2.18. The first-order valence-corrected chi connectivity index (χ1v) is 7.39. The van der Waals surface area contributed by atoms with Gasteiger partial charge in [-0.15, -0.1) is 0 Å². The molecular formula is C16H19FN4O2. The molecule has 0 amide bonds. The van der Waals surface area contributed by atoms with E-state index >= 15 is 0 Å². The van der Waals surface area contributed by atoms with Gasteiger partial charge >= 0.3 is 5.69 Å². The van der Waals surface area contributed by atoms with Crippen molar-refractivity contribution >= 4 is 17.7 Å². The molecule has 0 aliphatic rings. The maximum atomic E-state index is 12.9. The van der Waals surface area contributed by atoms with E-state index in [1.807, 2.05) is 6.92 Å². The van der Waals surface area contributed by atoms with E-state index in [4.69, 9.17) is 0 Å². The molecule has 23 heavy (non-hydrogen) atoms. The third kappa shape index (κ3) is 4.15. The van der Waals surface area contributed by atoms with Gasteiger partial charge in [0.15, 0.2) is 5.69 Å². The van der Waals surface area contributed by atoms with Crippen molar-refractivity contribution in [1.82, 2.24) is 9.55 Å². The number of anilines is 1. The number of benzene rings is 1. The third-order valence-electron chi connectivity index (χ3n) is 3.33. The lowest BCUT2D eigenvalue weighted by Gasteiger charge is -2.09. The minimum atomic E-state index is -0.505. The zero-order valence-electron chi connectivity index (χ0n) is 13.1. The molecule has 0 bridgehead atoms. The monoisotopic (exact) mass is 318 g/mol. The van der Waals surface area contributed by atoms with Gasteiger partial charge in [-0.25, -0.2) is 14.2 Å². The van der Waals surface area contributed by atoms with Gasteiger partial charge in [-0.05, 0) is 24.1 Å². The molecule has 2 rings (SSSR count). The summed E-state index contributed by atoms with van der Waals surface area (Å²) in [5.41, 5.74) is -0.229. The summed E-state index contributed by atoms with van der Waals surface area (Å²) in [6, 6.07) is 5.73. The summed E-state index contributed by atoms with van der Waals surface area (Å²) in [5, 5.41) is 3.03. The van der Waals surface area contributed by atoms with Crippen LogP contribution in [0.25, 0.3) is 0 Å². The highest BCUT2D eigenvalue weighted by Gasteiger charge is 2.10. The van der Waals surface area contributed by atoms with Crippen molar-refractivity contribution in [2.45, 2.75) is 19.8 Å². The van der Waals surface area contributed by atoms with Crippen LogP contribution in [0.3, 0.4) is 0 Å². The summed E-state index contributed by atoms with van der Waals surface area (Å²) >= 11 is 0. The van der Waals surface area contributed by atoms with Crippen LogP contribution >= 0.6 is 0 Å². The van der Waals surface area contributed by atoms with Crippen LogP contribution in [0.1, 0.15) is 25.3 Å². The molecule has 0 spiro atoms. The summed E-state index contributed by atoms with van der Waals surface area (Å²) < 4.78 is 13.9. The van der Waals surface area contributed by atoms with Gasteiger partial charge in [-0.2, -0.15) is 0 Å². The SMILES string of the molecule is CCCCNc1[nH]c(=O)n(C)c(=O)c1N=Cc1ccc(F)cc1. The normalized spacial score (nSPS) is 11.1. The van der Waals surface area contributed by atoms with E-state index in [1.54, 1.807) is 12.1 Å². The highest BCUT2D eigenvalue weighted by Crippen LogP contribution is 2.15. The molecule has 0 saturated carbocycles. The molecule has 122 valence electrons. The smallest absolute Gasteiger partial charge is 0.329 e. The largest absolute Gasteiger partial charge is 0.370 e. The van der Waals surface area contributed by atoms with E-state index < -0.39 is 11.2 Å². The van der Waals surface area contributed by atoms with Crippen LogP contribution in [0.4, 0.5) is 15.9 Å². The average Bonchev–Trinajstić information content (AvgIpc) is 2.54. The molecule has 0 aliphatic heterocycles. The Hall–Kier alpha value is -2.70. The van der Waals surface area contributed by atoms with E-state index in [-0.39, 0.29) is 11.5 Å². The number of halogens is 1. The Labute approximate surface area is 132 Å². The molecule has 2 aromatic rings. The van der Waals surface area contributed by atoms with Gasteiger partial charge in [0.05, 0.1) is 0 Å². The summed E-state index contributed by atoms with van der Waals surface area (Å²) in [7, 11) is 1.38. The molecule has 1 aromatic heterocycles. The van der Waals surface area contributed by atoms with E-state index in [0.717, 1.165) is 17.4 Å². The van der Waals surface area contributed by atoms with Gasteiger partial charge in [0, 0.05) is 19.8 Å². The van der Waals surface area contributed by atoms with E-state index in [0.29, 0.717) is 17.9 Å². The quantitative estimate of drug-likeness (QED) is 0.633. The molecule has 0 fully saturated rings. The van der Waals surface area contributed by atoms with Crippen molar-refractivity contribution in [3.05, 3.63) is 56.5 Å². The van der Waals surface area contributed by atoms with E-state index in [9.17, 15) is 14.0 Å². The third-order valence-corrected chi connectivity index (χ3v) is 3.33. The first-order valence-electron chi connectivity index (χ1n) is 7.39. The summed E-state index contributed by atoms with van der Waals surface area (Å²) in [5.74, 6) is -0.0473. The molecule has 1 aromatic carbocycles. The van der Waals surface area contributed by atoms with Crippen molar-refractivity contribution in [3.63, 3.8) is 0 Å². The number of unbranched alkanes of at least 4 members (excludes halogenated alkanes) is 1. The second-order valence-corrected chi connectivity index (χ2v) is 5.11. The van der Waals surface area contributed by atoms with Gasteiger partial charge in [0.1, 0.15) is 11.6 Å². The van der Waals surface area contributed by atoms with Crippen molar-refractivity contribution in [2.75, 3.05) is 11.9 Å². The fourth-order valence-electron chi connectivity index (χ4n) is 1.93. The second-order valence-electron chi connectivity index (χ2n) is 5.11. The maximum Gasteiger partial charge on any atom is 0.329 e. The molecule has 6 nitrogen and oxygen atoms in total. The summed E-state index contributed by atoms with van der Waals surface area (Å²) in [6.07, 6.45) is 3.34. The average molecular weight is 318 g/mol. The Morgan fingerprint density at radius 2 is 2.00 bits per heavy atom. The fraction of sp³-hybridized carbons (Fsp3) is 0.312. The van der Waals surface area contributed by atoms with E-state index in [1.165, 1.54) is 25.4 Å². The van der Waals surface area contributed by atoms with Crippen molar-refractivity contribution in [3.8, 4) is 0 Å². The first-order chi connectivity index (χ1) is 11.0. The number of aliphatic imine (C=N–C) groups is 1. The van der Waals surface area contributed by atoms with Crippen LogP contribution in [0.15, 0.2) is 38.8 Å². The van der Waals surface area contributed by atoms with Gasteiger partial charge in [-0.1, -0.05) is 25.5 Å². The van der Waals surface area contributed by atoms with Gasteiger partial charge in [-0.3, -0.25) is 14.3 Å². The Morgan fingerprint density at radius 3 is 2.65 bits per heavy atom. The van der Waals surface area contributed by atoms with Crippen LogP contribution in [0, 0.1) is 5.82 Å². The Balaban J connectivity index is 2.38. The maximum absolute atomic E-state index is 12.9. The first kappa shape index (κ1) is 16.7. The van der Waals surface area contributed by atoms with Crippen LogP contribution in [0.5, 0.6) is 0 Å².